The maximum absolute atomic E-state index is 14.1. The Kier molecular flexibility index (Phi) is 10.0. The molecule has 264 valence electrons. The fraction of sp³-hybridized carbons (Fsp3) is 0.654. The lowest BCUT2D eigenvalue weighted by Gasteiger charge is -2.40. The number of nitrogens with two attached hydrogens (primary N) is 1. The predicted molar refractivity (Wildman–Crippen MR) is 186 cm³/mol. The molecule has 22 heteroatoms. The number of aromatic amines is 1. The van der Waals surface area contributed by atoms with Gasteiger partial charge in [0.05, 0.1) is 25.6 Å². The van der Waals surface area contributed by atoms with Crippen LogP contribution in [0.25, 0.3) is 11.2 Å². The van der Waals surface area contributed by atoms with Crippen LogP contribution in [0.2, 0.25) is 18.1 Å². The monoisotopic (exact) mass is 762 g/mol. The van der Waals surface area contributed by atoms with Crippen LogP contribution in [0.5, 0.6) is 0 Å². The van der Waals surface area contributed by atoms with E-state index in [2.05, 4.69) is 75.5 Å². The number of nitrogens with zero attached hydrogens (tertiary/aromatic N) is 5. The zero-order valence-corrected chi connectivity index (χ0v) is 31.5. The van der Waals surface area contributed by atoms with Gasteiger partial charge in [-0.2, -0.15) is 4.98 Å². The van der Waals surface area contributed by atoms with Gasteiger partial charge in [0.2, 0.25) is 5.95 Å². The molecule has 3 aromatic rings. The number of rotatable bonds is 5. The number of hydrogen-bond donors (Lipinski definition) is 5. The molecule has 2 saturated heterocycles. The van der Waals surface area contributed by atoms with E-state index in [1.807, 2.05) is 13.1 Å². The van der Waals surface area contributed by atoms with Crippen LogP contribution in [0, 0.1) is 5.92 Å². The minimum absolute atomic E-state index is 0.00140. The molecule has 3 aliphatic rings. The van der Waals surface area contributed by atoms with Crippen LogP contribution >= 0.6 is 38.1 Å². The van der Waals surface area contributed by atoms with Crippen LogP contribution in [-0.4, -0.2) is 81.5 Å². The van der Waals surface area contributed by atoms with Gasteiger partial charge in [0.25, 0.3) is 5.56 Å². The quantitative estimate of drug-likeness (QED) is 0.137. The van der Waals surface area contributed by atoms with Crippen molar-refractivity contribution in [3.05, 3.63) is 35.3 Å². The van der Waals surface area contributed by atoms with Crippen LogP contribution < -0.4 is 16.6 Å². The fourth-order valence-corrected chi connectivity index (χ4v) is 10.2. The van der Waals surface area contributed by atoms with Crippen molar-refractivity contribution in [3.8, 4) is 0 Å². The lowest BCUT2D eigenvalue weighted by Crippen LogP contribution is -2.50. The summed E-state index contributed by atoms with van der Waals surface area (Å²) in [5.74, 6) is 0.0741. The number of ether oxygens (including phenoxy) is 1. The number of imidazole rings is 1. The Morgan fingerprint density at radius 2 is 1.83 bits per heavy atom. The van der Waals surface area contributed by atoms with Crippen molar-refractivity contribution in [2.24, 2.45) is 5.92 Å². The highest BCUT2D eigenvalue weighted by atomic mass is 32.7. The average Bonchev–Trinajstić information content (AvgIpc) is 3.66. The summed E-state index contributed by atoms with van der Waals surface area (Å²) in [4.78, 5) is 31.7. The van der Waals surface area contributed by atoms with E-state index in [-0.39, 0.29) is 41.4 Å². The van der Waals surface area contributed by atoms with Crippen molar-refractivity contribution in [3.63, 3.8) is 0 Å². The van der Waals surface area contributed by atoms with E-state index in [1.54, 1.807) is 12.3 Å². The molecular weight excluding hydrogens is 723 g/mol. The van der Waals surface area contributed by atoms with Gasteiger partial charge in [-0.15, -0.1) is 0 Å². The molecule has 0 amide bonds. The number of aromatic nitrogens is 6. The molecule has 1 aliphatic carbocycles. The average molecular weight is 763 g/mol. The SMILES string of the molecule is CC(C)(C)[Si](C)(C)O[C@H]1[C@H]2O[P@](=O)(S)OC[C@H]3C[C@@H](Nc4ccncn4)C[C@@H]3O[P@@](=O)(S)OC[C@H]1O[C@H]2n1cnc2c(=O)[nH]c(N)nc21. The van der Waals surface area contributed by atoms with Crippen molar-refractivity contribution < 1.29 is 36.4 Å². The van der Waals surface area contributed by atoms with Gasteiger partial charge in [0.15, 0.2) is 25.7 Å². The smallest absolute Gasteiger partial charge is 0.386 e. The van der Waals surface area contributed by atoms with Crippen molar-refractivity contribution in [2.45, 2.75) is 88.4 Å². The maximum atomic E-state index is 14.1. The Morgan fingerprint density at radius 3 is 2.54 bits per heavy atom. The van der Waals surface area contributed by atoms with Gasteiger partial charge in [-0.3, -0.25) is 27.9 Å². The molecule has 2 bridgehead atoms. The molecule has 1 saturated carbocycles. The molecule has 0 spiro atoms. The van der Waals surface area contributed by atoms with Crippen LogP contribution in [0.3, 0.4) is 0 Å². The molecule has 5 heterocycles. The number of anilines is 2. The van der Waals surface area contributed by atoms with Crippen LogP contribution in [-0.2, 0) is 36.4 Å². The van der Waals surface area contributed by atoms with Crippen molar-refractivity contribution in [1.29, 1.82) is 0 Å². The zero-order valence-electron chi connectivity index (χ0n) is 27.0. The first-order valence-electron chi connectivity index (χ1n) is 15.3. The molecule has 48 heavy (non-hydrogen) atoms. The number of nitrogen functional groups attached to an aromatic ring is 1. The van der Waals surface area contributed by atoms with E-state index in [0.29, 0.717) is 18.7 Å². The fourth-order valence-electron chi connectivity index (χ4n) is 5.80. The maximum Gasteiger partial charge on any atom is 0.386 e. The molecule has 2 aliphatic heterocycles. The number of thiol groups is 2. The van der Waals surface area contributed by atoms with E-state index in [0.717, 1.165) is 0 Å². The highest BCUT2D eigenvalue weighted by Crippen LogP contribution is 2.61. The molecule has 9 atom stereocenters. The Hall–Kier alpha value is -1.83. The summed E-state index contributed by atoms with van der Waals surface area (Å²) in [5.41, 5.74) is 5.40. The van der Waals surface area contributed by atoms with Gasteiger partial charge in [-0.25, -0.2) is 24.1 Å². The number of fused-ring (bicyclic) bond motifs is 4. The summed E-state index contributed by atoms with van der Waals surface area (Å²) < 4.78 is 66.6. The minimum Gasteiger partial charge on any atom is -0.408 e. The molecule has 0 radical (unpaired) electrons. The van der Waals surface area contributed by atoms with Gasteiger partial charge in [0, 0.05) is 18.2 Å². The third-order valence-electron chi connectivity index (χ3n) is 9.19. The lowest BCUT2D eigenvalue weighted by atomic mass is 10.1. The summed E-state index contributed by atoms with van der Waals surface area (Å²) >= 11 is 8.70. The molecule has 6 rings (SSSR count). The third-order valence-corrected chi connectivity index (χ3v) is 16.9. The first-order valence-corrected chi connectivity index (χ1v) is 23.6. The summed E-state index contributed by atoms with van der Waals surface area (Å²) in [6.45, 7) is 1.70. The first kappa shape index (κ1) is 36.0. The molecule has 3 aromatic heterocycles. The standard InChI is InChI=1S/C26H40N8O9P2S2Si/c1-26(2,3)48(4,5)43-20-17-11-39-44(36,46)41-16-9-15(31-18-6-7-28-12-29-18)8-14(16)10-38-45(37,47)42-21(20)24(40-17)34-13-30-19-22(34)32-25(27)33-23(19)35/h6-7,12-17,20-21,24H,8-11H2,1-5H3,(H,36,46)(H,37,47)(H,28,29,31)(H3,27,32,33,35)/t14-,15-,16+,17-,20-,21-,24-,44+,45-/m1/s1. The normalized spacial score (nSPS) is 35.0. The van der Waals surface area contributed by atoms with Crippen molar-refractivity contribution >= 4 is 69.3 Å². The third kappa shape index (κ3) is 7.73. The predicted octanol–water partition coefficient (Wildman–Crippen LogP) is 4.56. The summed E-state index contributed by atoms with van der Waals surface area (Å²) in [6, 6.07) is 1.58. The van der Waals surface area contributed by atoms with Gasteiger partial charge >= 0.3 is 13.6 Å². The second-order valence-electron chi connectivity index (χ2n) is 13.6. The largest absolute Gasteiger partial charge is 0.408 e. The van der Waals surface area contributed by atoms with E-state index in [9.17, 15) is 13.9 Å². The second kappa shape index (κ2) is 13.4. The summed E-state index contributed by atoms with van der Waals surface area (Å²) in [6.07, 6.45) is 0.485. The van der Waals surface area contributed by atoms with E-state index >= 15 is 0 Å². The highest BCUT2D eigenvalue weighted by molar-refractivity contribution is 8.44. The number of hydrogen-bond acceptors (Lipinski definition) is 15. The van der Waals surface area contributed by atoms with Gasteiger partial charge in [-0.05, 0) is 37.0 Å². The molecule has 0 unspecified atom stereocenters. The van der Waals surface area contributed by atoms with Gasteiger partial charge in [-0.1, -0.05) is 45.3 Å². The Labute approximate surface area is 288 Å². The van der Waals surface area contributed by atoms with Gasteiger partial charge < -0.3 is 24.7 Å². The van der Waals surface area contributed by atoms with Crippen molar-refractivity contribution in [1.82, 2.24) is 29.5 Å². The van der Waals surface area contributed by atoms with E-state index < -0.39 is 64.0 Å². The van der Waals surface area contributed by atoms with Crippen LogP contribution in [0.1, 0.15) is 39.8 Å². The van der Waals surface area contributed by atoms with Gasteiger partial charge in [0.1, 0.15) is 30.5 Å². The second-order valence-corrected chi connectivity index (χ2v) is 24.1. The zero-order chi connectivity index (χ0) is 34.6. The molecule has 0 aromatic carbocycles. The molecular formula is C26H40N8O9P2S2Si. The Morgan fingerprint density at radius 1 is 1.10 bits per heavy atom. The molecule has 4 N–H and O–H groups in total. The minimum atomic E-state index is -4.15. The van der Waals surface area contributed by atoms with E-state index in [4.69, 9.17) is 33.0 Å². The van der Waals surface area contributed by atoms with Crippen LogP contribution in [0.4, 0.5) is 11.8 Å². The summed E-state index contributed by atoms with van der Waals surface area (Å²) in [5, 5.41) is 3.06. The molecule has 3 fully saturated rings. The lowest BCUT2D eigenvalue weighted by molar-refractivity contribution is -0.0482. The number of nitrogens with one attached hydrogen (secondary N) is 2. The van der Waals surface area contributed by atoms with Crippen molar-refractivity contribution in [2.75, 3.05) is 24.3 Å². The van der Waals surface area contributed by atoms with Crippen LogP contribution in [0.15, 0.2) is 29.7 Å². The first-order chi connectivity index (χ1) is 22.4. The highest BCUT2D eigenvalue weighted by Gasteiger charge is 2.55. The topological polar surface area (TPSA) is 217 Å². The Balaban J connectivity index is 1.36. The Bertz CT molecular complexity index is 1800. The molecule has 17 nitrogen and oxygen atoms in total. The summed E-state index contributed by atoms with van der Waals surface area (Å²) in [7, 11) is -2.58. The van der Waals surface area contributed by atoms with E-state index in [1.165, 1.54) is 17.2 Å². The number of H-pyrrole nitrogens is 1.